The minimum atomic E-state index is -0.136. The van der Waals surface area contributed by atoms with E-state index in [1.165, 1.54) is 5.56 Å². The summed E-state index contributed by atoms with van der Waals surface area (Å²) in [5, 5.41) is 5.70. The van der Waals surface area contributed by atoms with Crippen LogP contribution < -0.4 is 10.6 Å². The fraction of sp³-hybridized carbons (Fsp3) is 0.462. The summed E-state index contributed by atoms with van der Waals surface area (Å²) in [5.74, 6) is 0. The van der Waals surface area contributed by atoms with Crippen LogP contribution in [0.1, 0.15) is 32.8 Å². The van der Waals surface area contributed by atoms with Crippen molar-refractivity contribution in [1.29, 1.82) is 0 Å². The van der Waals surface area contributed by atoms with Gasteiger partial charge in [0.2, 0.25) is 0 Å². The standard InChI is InChI=1S/C13H20N2O/c1-4-10(3)14-13(16)15-12-8-6-7-11(5-2)9-12/h6-10H,4-5H2,1-3H3,(H2,14,15,16). The molecular weight excluding hydrogens is 200 g/mol. The van der Waals surface area contributed by atoms with Crippen LogP contribution in [0.25, 0.3) is 0 Å². The molecule has 1 rings (SSSR count). The van der Waals surface area contributed by atoms with Gasteiger partial charge in [-0.15, -0.1) is 0 Å². The molecule has 3 heteroatoms. The van der Waals surface area contributed by atoms with Crippen LogP contribution in [-0.4, -0.2) is 12.1 Å². The van der Waals surface area contributed by atoms with E-state index >= 15 is 0 Å². The van der Waals surface area contributed by atoms with E-state index in [2.05, 4.69) is 23.6 Å². The number of anilines is 1. The van der Waals surface area contributed by atoms with Crippen LogP contribution in [0.15, 0.2) is 24.3 Å². The molecule has 0 fully saturated rings. The monoisotopic (exact) mass is 220 g/mol. The largest absolute Gasteiger partial charge is 0.335 e. The normalized spacial score (nSPS) is 11.9. The molecule has 0 saturated heterocycles. The first-order valence-electron chi connectivity index (χ1n) is 5.82. The molecule has 1 atom stereocenters. The summed E-state index contributed by atoms with van der Waals surface area (Å²) in [5.41, 5.74) is 2.07. The molecule has 2 N–H and O–H groups in total. The van der Waals surface area contributed by atoms with E-state index in [4.69, 9.17) is 0 Å². The van der Waals surface area contributed by atoms with Gasteiger partial charge in [-0.1, -0.05) is 26.0 Å². The number of hydrogen-bond donors (Lipinski definition) is 2. The molecule has 16 heavy (non-hydrogen) atoms. The minimum absolute atomic E-state index is 0.136. The third kappa shape index (κ3) is 3.93. The van der Waals surface area contributed by atoms with Crippen molar-refractivity contribution in [1.82, 2.24) is 5.32 Å². The van der Waals surface area contributed by atoms with Gasteiger partial charge in [0.15, 0.2) is 0 Å². The van der Waals surface area contributed by atoms with E-state index in [1.807, 2.05) is 32.0 Å². The zero-order valence-corrected chi connectivity index (χ0v) is 10.2. The van der Waals surface area contributed by atoms with E-state index in [9.17, 15) is 4.79 Å². The second kappa shape index (κ2) is 6.16. The number of rotatable bonds is 4. The summed E-state index contributed by atoms with van der Waals surface area (Å²) in [6, 6.07) is 7.97. The molecule has 0 spiro atoms. The van der Waals surface area contributed by atoms with Crippen LogP contribution in [0.3, 0.4) is 0 Å². The Kier molecular flexibility index (Phi) is 4.83. The Hall–Kier alpha value is -1.51. The van der Waals surface area contributed by atoms with Gasteiger partial charge in [-0.3, -0.25) is 0 Å². The highest BCUT2D eigenvalue weighted by Gasteiger charge is 2.05. The fourth-order valence-corrected chi connectivity index (χ4v) is 1.36. The van der Waals surface area contributed by atoms with Gasteiger partial charge < -0.3 is 10.6 Å². The van der Waals surface area contributed by atoms with Crippen molar-refractivity contribution >= 4 is 11.7 Å². The van der Waals surface area contributed by atoms with Gasteiger partial charge >= 0.3 is 6.03 Å². The van der Waals surface area contributed by atoms with Crippen molar-refractivity contribution in [2.24, 2.45) is 0 Å². The molecule has 1 aromatic rings. The Morgan fingerprint density at radius 3 is 2.75 bits per heavy atom. The molecule has 1 unspecified atom stereocenters. The molecule has 0 aromatic heterocycles. The van der Waals surface area contributed by atoms with Gasteiger partial charge in [0.05, 0.1) is 0 Å². The molecule has 2 amide bonds. The molecule has 0 saturated carbocycles. The van der Waals surface area contributed by atoms with E-state index < -0.39 is 0 Å². The Morgan fingerprint density at radius 2 is 2.12 bits per heavy atom. The number of hydrogen-bond acceptors (Lipinski definition) is 1. The fourth-order valence-electron chi connectivity index (χ4n) is 1.36. The zero-order valence-electron chi connectivity index (χ0n) is 10.2. The Bertz CT molecular complexity index is 350. The topological polar surface area (TPSA) is 41.1 Å². The average molecular weight is 220 g/mol. The molecule has 0 radical (unpaired) electrons. The first-order valence-corrected chi connectivity index (χ1v) is 5.82. The quantitative estimate of drug-likeness (QED) is 0.804. The lowest BCUT2D eigenvalue weighted by molar-refractivity contribution is 0.249. The van der Waals surface area contributed by atoms with Crippen LogP contribution in [0.5, 0.6) is 0 Å². The maximum Gasteiger partial charge on any atom is 0.319 e. The number of benzene rings is 1. The molecule has 88 valence electrons. The molecular formula is C13H20N2O. The van der Waals surface area contributed by atoms with Gasteiger partial charge in [-0.25, -0.2) is 4.79 Å². The molecule has 0 bridgehead atoms. The second-order valence-electron chi connectivity index (χ2n) is 3.96. The number of nitrogens with one attached hydrogen (secondary N) is 2. The summed E-state index contributed by atoms with van der Waals surface area (Å²) in [6.45, 7) is 6.13. The van der Waals surface area contributed by atoms with Gasteiger partial charge in [0.1, 0.15) is 0 Å². The highest BCUT2D eigenvalue weighted by molar-refractivity contribution is 5.89. The first-order chi connectivity index (χ1) is 7.65. The zero-order chi connectivity index (χ0) is 12.0. The summed E-state index contributed by atoms with van der Waals surface area (Å²) < 4.78 is 0. The summed E-state index contributed by atoms with van der Waals surface area (Å²) >= 11 is 0. The highest BCUT2D eigenvalue weighted by Crippen LogP contribution is 2.10. The van der Waals surface area contributed by atoms with Crippen molar-refractivity contribution in [2.45, 2.75) is 39.7 Å². The second-order valence-corrected chi connectivity index (χ2v) is 3.96. The number of carbonyl (C=O) groups excluding carboxylic acids is 1. The Morgan fingerprint density at radius 1 is 1.38 bits per heavy atom. The van der Waals surface area contributed by atoms with Crippen LogP contribution in [-0.2, 0) is 6.42 Å². The molecule has 3 nitrogen and oxygen atoms in total. The van der Waals surface area contributed by atoms with Gasteiger partial charge in [0, 0.05) is 11.7 Å². The highest BCUT2D eigenvalue weighted by atomic mass is 16.2. The third-order valence-corrected chi connectivity index (χ3v) is 2.58. The maximum atomic E-state index is 11.6. The van der Waals surface area contributed by atoms with Crippen molar-refractivity contribution in [2.75, 3.05) is 5.32 Å². The average Bonchev–Trinajstić information content (AvgIpc) is 2.28. The van der Waals surface area contributed by atoms with E-state index in [1.54, 1.807) is 0 Å². The van der Waals surface area contributed by atoms with Crippen molar-refractivity contribution < 1.29 is 4.79 Å². The van der Waals surface area contributed by atoms with Crippen molar-refractivity contribution in [3.8, 4) is 0 Å². The summed E-state index contributed by atoms with van der Waals surface area (Å²) in [4.78, 5) is 11.6. The first kappa shape index (κ1) is 12.6. The molecule has 1 aromatic carbocycles. The summed E-state index contributed by atoms with van der Waals surface area (Å²) in [7, 11) is 0. The predicted octanol–water partition coefficient (Wildman–Crippen LogP) is 3.17. The number of carbonyl (C=O) groups is 1. The SMILES string of the molecule is CCc1cccc(NC(=O)NC(C)CC)c1. The predicted molar refractivity (Wildman–Crippen MR) is 67.7 cm³/mol. The number of aryl methyl sites for hydroxylation is 1. The summed E-state index contributed by atoms with van der Waals surface area (Å²) in [6.07, 6.45) is 1.91. The molecule has 0 aliphatic rings. The number of amides is 2. The molecule has 0 aliphatic carbocycles. The molecule has 0 aliphatic heterocycles. The Labute approximate surface area is 97.2 Å². The van der Waals surface area contributed by atoms with Crippen molar-refractivity contribution in [3.05, 3.63) is 29.8 Å². The van der Waals surface area contributed by atoms with E-state index in [0.29, 0.717) is 0 Å². The van der Waals surface area contributed by atoms with Crippen LogP contribution in [0.2, 0.25) is 0 Å². The van der Waals surface area contributed by atoms with E-state index in [0.717, 1.165) is 18.5 Å². The van der Waals surface area contributed by atoms with Gasteiger partial charge in [0.25, 0.3) is 0 Å². The van der Waals surface area contributed by atoms with Gasteiger partial charge in [-0.2, -0.15) is 0 Å². The molecule has 0 heterocycles. The van der Waals surface area contributed by atoms with Crippen molar-refractivity contribution in [3.63, 3.8) is 0 Å². The third-order valence-electron chi connectivity index (χ3n) is 2.58. The minimum Gasteiger partial charge on any atom is -0.335 e. The Balaban J connectivity index is 2.55. The smallest absolute Gasteiger partial charge is 0.319 e. The lowest BCUT2D eigenvalue weighted by atomic mass is 10.1. The van der Waals surface area contributed by atoms with Crippen LogP contribution in [0, 0.1) is 0 Å². The van der Waals surface area contributed by atoms with Crippen LogP contribution >= 0.6 is 0 Å². The lowest BCUT2D eigenvalue weighted by Crippen LogP contribution is -2.35. The van der Waals surface area contributed by atoms with Crippen LogP contribution in [0.4, 0.5) is 10.5 Å². The maximum absolute atomic E-state index is 11.6. The van der Waals surface area contributed by atoms with Gasteiger partial charge in [-0.05, 0) is 37.5 Å². The number of urea groups is 1. The lowest BCUT2D eigenvalue weighted by Gasteiger charge is -2.12. The van der Waals surface area contributed by atoms with E-state index in [-0.39, 0.29) is 12.1 Å².